The van der Waals surface area contributed by atoms with Gasteiger partial charge in [0.15, 0.2) is 11.5 Å². The van der Waals surface area contributed by atoms with Gasteiger partial charge in [-0.05, 0) is 30.3 Å². The first kappa shape index (κ1) is 18.7. The van der Waals surface area contributed by atoms with Gasteiger partial charge in [-0.25, -0.2) is 9.07 Å². The third-order valence-corrected chi connectivity index (χ3v) is 4.84. The summed E-state index contributed by atoms with van der Waals surface area (Å²) in [6, 6.07) is 11.5. The second-order valence-electron chi connectivity index (χ2n) is 6.62. The van der Waals surface area contributed by atoms with Crippen molar-refractivity contribution in [1.29, 1.82) is 0 Å². The molecule has 0 saturated carbocycles. The Bertz CT molecular complexity index is 1060. The normalized spacial score (nSPS) is 15.4. The third-order valence-electron chi connectivity index (χ3n) is 4.84. The SMILES string of the molecule is C=CCOc1c(OC)cccc1C1CC(=O)Nc2c1cnn2-c1ccc(F)cc1. The number of hydrogen-bond acceptors (Lipinski definition) is 4. The van der Waals surface area contributed by atoms with E-state index in [4.69, 9.17) is 9.47 Å². The maximum absolute atomic E-state index is 13.3. The van der Waals surface area contributed by atoms with Crippen molar-refractivity contribution in [1.82, 2.24) is 9.78 Å². The van der Waals surface area contributed by atoms with Gasteiger partial charge in [0.05, 0.1) is 19.0 Å². The Labute approximate surface area is 167 Å². The van der Waals surface area contributed by atoms with Crippen molar-refractivity contribution in [2.24, 2.45) is 0 Å². The molecule has 1 amide bonds. The molecule has 1 atom stereocenters. The zero-order valence-corrected chi connectivity index (χ0v) is 15.9. The topological polar surface area (TPSA) is 65.4 Å². The number of nitrogens with zero attached hydrogens (tertiary/aromatic N) is 2. The Morgan fingerprint density at radius 2 is 2.07 bits per heavy atom. The molecule has 2 heterocycles. The summed E-state index contributed by atoms with van der Waals surface area (Å²) in [6.45, 7) is 4.01. The third kappa shape index (κ3) is 3.47. The molecule has 6 nitrogen and oxygen atoms in total. The van der Waals surface area contributed by atoms with Gasteiger partial charge in [-0.2, -0.15) is 5.10 Å². The van der Waals surface area contributed by atoms with E-state index in [1.165, 1.54) is 12.1 Å². The number of carbonyl (C=O) groups excluding carboxylic acids is 1. The van der Waals surface area contributed by atoms with Crippen molar-refractivity contribution >= 4 is 11.7 Å². The predicted molar refractivity (Wildman–Crippen MR) is 107 cm³/mol. The van der Waals surface area contributed by atoms with Crippen molar-refractivity contribution < 1.29 is 18.7 Å². The molecule has 1 aromatic heterocycles. The molecule has 1 aliphatic heterocycles. The number of hydrogen-bond donors (Lipinski definition) is 1. The highest BCUT2D eigenvalue weighted by molar-refractivity contribution is 5.94. The second-order valence-corrected chi connectivity index (χ2v) is 6.62. The van der Waals surface area contributed by atoms with Gasteiger partial charge < -0.3 is 14.8 Å². The van der Waals surface area contributed by atoms with Crippen LogP contribution in [0.15, 0.2) is 61.3 Å². The Balaban J connectivity index is 1.82. The number of benzene rings is 2. The fraction of sp³-hybridized carbons (Fsp3) is 0.182. The highest BCUT2D eigenvalue weighted by Crippen LogP contribution is 2.44. The van der Waals surface area contributed by atoms with E-state index in [9.17, 15) is 9.18 Å². The average molecular weight is 393 g/mol. The molecule has 4 rings (SSSR count). The summed E-state index contributed by atoms with van der Waals surface area (Å²) in [6.07, 6.45) is 3.63. The number of carbonyl (C=O) groups is 1. The number of aromatic nitrogens is 2. The van der Waals surface area contributed by atoms with Gasteiger partial charge in [0.25, 0.3) is 0 Å². The van der Waals surface area contributed by atoms with E-state index in [0.717, 1.165) is 11.1 Å². The van der Waals surface area contributed by atoms with Gasteiger partial charge >= 0.3 is 0 Å². The number of ether oxygens (including phenoxy) is 2. The standard InChI is InChI=1S/C22H20FN3O3/c1-3-11-29-21-16(5-4-6-19(21)28-2)17-12-20(27)25-22-18(17)13-24-26(22)15-9-7-14(23)8-10-15/h3-10,13,17H,1,11-12H2,2H3,(H,25,27). The number of fused-ring (bicyclic) bond motifs is 1. The van der Waals surface area contributed by atoms with Crippen molar-refractivity contribution in [3.63, 3.8) is 0 Å². The summed E-state index contributed by atoms with van der Waals surface area (Å²) in [4.78, 5) is 12.5. The number of amides is 1. The molecule has 148 valence electrons. The number of anilines is 1. The maximum atomic E-state index is 13.3. The van der Waals surface area contributed by atoms with E-state index in [2.05, 4.69) is 17.0 Å². The molecule has 0 saturated heterocycles. The highest BCUT2D eigenvalue weighted by Gasteiger charge is 2.33. The van der Waals surface area contributed by atoms with Crippen LogP contribution in [0.4, 0.5) is 10.2 Å². The molecule has 0 spiro atoms. The van der Waals surface area contributed by atoms with E-state index in [1.807, 2.05) is 18.2 Å². The molecular formula is C22H20FN3O3. The Hall–Kier alpha value is -3.61. The van der Waals surface area contributed by atoms with Gasteiger partial charge in [-0.1, -0.05) is 24.8 Å². The lowest BCUT2D eigenvalue weighted by Crippen LogP contribution is -2.25. The van der Waals surface area contributed by atoms with Crippen molar-refractivity contribution in [2.75, 3.05) is 19.0 Å². The molecule has 29 heavy (non-hydrogen) atoms. The minimum atomic E-state index is -0.336. The molecule has 1 aliphatic rings. The van der Waals surface area contributed by atoms with Crippen LogP contribution in [0.25, 0.3) is 5.69 Å². The van der Waals surface area contributed by atoms with Crippen LogP contribution in [-0.4, -0.2) is 29.4 Å². The summed E-state index contributed by atoms with van der Waals surface area (Å²) in [5.41, 5.74) is 2.34. The molecule has 7 heteroatoms. The van der Waals surface area contributed by atoms with Gasteiger partial charge in [-0.15, -0.1) is 0 Å². The number of rotatable bonds is 6. The smallest absolute Gasteiger partial charge is 0.226 e. The second kappa shape index (κ2) is 7.79. The zero-order valence-electron chi connectivity index (χ0n) is 15.9. The highest BCUT2D eigenvalue weighted by atomic mass is 19.1. The van der Waals surface area contributed by atoms with Crippen LogP contribution >= 0.6 is 0 Å². The van der Waals surface area contributed by atoms with E-state index >= 15 is 0 Å². The van der Waals surface area contributed by atoms with Gasteiger partial charge in [0.1, 0.15) is 18.2 Å². The summed E-state index contributed by atoms with van der Waals surface area (Å²) in [7, 11) is 1.57. The van der Waals surface area contributed by atoms with Crippen molar-refractivity contribution in [3.8, 4) is 17.2 Å². The summed E-state index contributed by atoms with van der Waals surface area (Å²) >= 11 is 0. The fourth-order valence-electron chi connectivity index (χ4n) is 3.54. The Morgan fingerprint density at radius 3 is 2.79 bits per heavy atom. The Kier molecular flexibility index (Phi) is 5.03. The van der Waals surface area contributed by atoms with Gasteiger partial charge in [-0.3, -0.25) is 4.79 Å². The van der Waals surface area contributed by atoms with Crippen LogP contribution in [0.5, 0.6) is 11.5 Å². The number of halogens is 1. The lowest BCUT2D eigenvalue weighted by atomic mass is 9.86. The number of para-hydroxylation sites is 1. The largest absolute Gasteiger partial charge is 0.493 e. The minimum absolute atomic E-state index is 0.135. The lowest BCUT2D eigenvalue weighted by molar-refractivity contribution is -0.116. The monoisotopic (exact) mass is 393 g/mol. The van der Waals surface area contributed by atoms with Crippen LogP contribution < -0.4 is 14.8 Å². The van der Waals surface area contributed by atoms with Crippen molar-refractivity contribution in [3.05, 3.63) is 78.3 Å². The fourth-order valence-corrected chi connectivity index (χ4v) is 3.54. The van der Waals surface area contributed by atoms with Crippen LogP contribution in [-0.2, 0) is 4.79 Å². The predicted octanol–water partition coefficient (Wildman–Crippen LogP) is 4.06. The Morgan fingerprint density at radius 1 is 1.28 bits per heavy atom. The zero-order chi connectivity index (χ0) is 20.4. The molecule has 0 bridgehead atoms. The van der Waals surface area contributed by atoms with Crippen LogP contribution in [0.3, 0.4) is 0 Å². The molecule has 1 unspecified atom stereocenters. The van der Waals surface area contributed by atoms with Crippen LogP contribution in [0.1, 0.15) is 23.5 Å². The van der Waals surface area contributed by atoms with Gasteiger partial charge in [0.2, 0.25) is 5.91 Å². The molecule has 3 aromatic rings. The summed E-state index contributed by atoms with van der Waals surface area (Å²) in [5.74, 6) is 0.997. The number of nitrogens with one attached hydrogen (secondary N) is 1. The minimum Gasteiger partial charge on any atom is -0.493 e. The molecule has 2 aromatic carbocycles. The molecule has 0 radical (unpaired) electrons. The molecule has 0 fully saturated rings. The summed E-state index contributed by atoms with van der Waals surface area (Å²) in [5, 5.41) is 7.33. The van der Waals surface area contributed by atoms with E-state index in [1.54, 1.807) is 36.2 Å². The number of methoxy groups -OCH3 is 1. The van der Waals surface area contributed by atoms with Crippen LogP contribution in [0, 0.1) is 5.82 Å². The first-order valence-electron chi connectivity index (χ1n) is 9.16. The molecule has 1 N–H and O–H groups in total. The van der Waals surface area contributed by atoms with E-state index in [-0.39, 0.29) is 24.1 Å². The van der Waals surface area contributed by atoms with E-state index in [0.29, 0.717) is 29.6 Å². The molecule has 0 aliphatic carbocycles. The average Bonchev–Trinajstić information content (AvgIpc) is 3.15. The van der Waals surface area contributed by atoms with Gasteiger partial charge in [0, 0.05) is 23.5 Å². The van der Waals surface area contributed by atoms with E-state index < -0.39 is 0 Å². The first-order chi connectivity index (χ1) is 14.1. The summed E-state index contributed by atoms with van der Waals surface area (Å²) < 4.78 is 26.2. The first-order valence-corrected chi connectivity index (χ1v) is 9.16. The lowest BCUT2D eigenvalue weighted by Gasteiger charge is -2.26. The van der Waals surface area contributed by atoms with Crippen LogP contribution in [0.2, 0.25) is 0 Å². The van der Waals surface area contributed by atoms with Crippen molar-refractivity contribution in [2.45, 2.75) is 12.3 Å². The quantitative estimate of drug-likeness (QED) is 0.642. The molecular weight excluding hydrogens is 373 g/mol. The maximum Gasteiger partial charge on any atom is 0.226 e.